The zero-order valence-electron chi connectivity index (χ0n) is 14.7. The Morgan fingerprint density at radius 2 is 1.74 bits per heavy atom. The number of carbonyl (C=O) groups excluding carboxylic acids is 1. The fourth-order valence-corrected chi connectivity index (χ4v) is 3.01. The van der Waals surface area contributed by atoms with E-state index in [1.807, 2.05) is 30.5 Å². The monoisotopic (exact) mass is 420 g/mol. The summed E-state index contributed by atoms with van der Waals surface area (Å²) < 4.78 is 0. The van der Waals surface area contributed by atoms with Crippen LogP contribution in [0, 0.1) is 0 Å². The fraction of sp³-hybridized carbons (Fsp3) is 0.105. The van der Waals surface area contributed by atoms with Crippen molar-refractivity contribution in [1.82, 2.24) is 15.3 Å². The van der Waals surface area contributed by atoms with Gasteiger partial charge >= 0.3 is 0 Å². The van der Waals surface area contributed by atoms with Crippen LogP contribution < -0.4 is 11.1 Å². The van der Waals surface area contributed by atoms with Gasteiger partial charge in [0, 0.05) is 19.4 Å². The van der Waals surface area contributed by atoms with Gasteiger partial charge in [0.05, 0.1) is 31.7 Å². The molecule has 0 aliphatic carbocycles. The summed E-state index contributed by atoms with van der Waals surface area (Å²) in [5.41, 5.74) is 8.47. The maximum Gasteiger partial charge on any atom is 0.257 e. The Labute approximate surface area is 172 Å². The first-order valence-corrected chi connectivity index (χ1v) is 9.82. The number of halogens is 2. The number of nitrogens with zero attached hydrogens (tertiary/aromatic N) is 2. The van der Waals surface area contributed by atoms with E-state index in [9.17, 15) is 4.79 Å². The van der Waals surface area contributed by atoms with Crippen LogP contribution in [0.1, 0.15) is 5.56 Å². The number of fused-ring (bicyclic) bond motifs is 1. The Morgan fingerprint density at radius 1 is 1.11 bits per heavy atom. The Balaban J connectivity index is 0.000000244. The molecule has 0 fully saturated rings. The number of rotatable bonds is 3. The lowest BCUT2D eigenvalue weighted by Crippen LogP contribution is -2.18. The molecule has 8 heteroatoms. The van der Waals surface area contributed by atoms with Gasteiger partial charge in [-0.15, -0.1) is 11.8 Å². The number of hydrogen-bond donors (Lipinski definition) is 2. The van der Waals surface area contributed by atoms with E-state index >= 15 is 0 Å². The third-order valence-electron chi connectivity index (χ3n) is 3.46. The number of nitrogen functional groups attached to an aromatic ring is 1. The number of anilines is 1. The standard InChI is InChI=1S/C13H13N3OS.C6H5Cl2N/c1-14-13(17)12(18-2)8-9-3-4-10-11(7-9)16-6-5-15-10;7-4-2-1-3-5(8)6(4)9/h3-8H,1-2H3,(H,14,17);1-3H,9H2/b12-8-;. The minimum atomic E-state index is -0.0817. The predicted molar refractivity (Wildman–Crippen MR) is 116 cm³/mol. The van der Waals surface area contributed by atoms with Gasteiger partial charge in [-0.2, -0.15) is 0 Å². The summed E-state index contributed by atoms with van der Waals surface area (Å²) >= 11 is 12.6. The highest BCUT2D eigenvalue weighted by molar-refractivity contribution is 8.03. The van der Waals surface area contributed by atoms with Gasteiger partial charge in [0.15, 0.2) is 0 Å². The number of hydrogen-bond acceptors (Lipinski definition) is 5. The van der Waals surface area contributed by atoms with Crippen LogP contribution in [-0.2, 0) is 4.79 Å². The Morgan fingerprint density at radius 3 is 2.30 bits per heavy atom. The van der Waals surface area contributed by atoms with Gasteiger partial charge < -0.3 is 11.1 Å². The highest BCUT2D eigenvalue weighted by Gasteiger charge is 2.06. The van der Waals surface area contributed by atoms with E-state index in [4.69, 9.17) is 28.9 Å². The molecule has 0 saturated heterocycles. The van der Waals surface area contributed by atoms with Crippen molar-refractivity contribution in [2.75, 3.05) is 19.0 Å². The van der Waals surface area contributed by atoms with Gasteiger partial charge in [-0.1, -0.05) is 35.3 Å². The van der Waals surface area contributed by atoms with E-state index in [-0.39, 0.29) is 5.91 Å². The van der Waals surface area contributed by atoms with Crippen molar-refractivity contribution in [3.8, 4) is 0 Å². The van der Waals surface area contributed by atoms with Crippen LogP contribution in [0.4, 0.5) is 5.69 Å². The summed E-state index contributed by atoms with van der Waals surface area (Å²) in [5, 5.41) is 3.62. The second-order valence-electron chi connectivity index (χ2n) is 5.23. The van der Waals surface area contributed by atoms with Crippen LogP contribution in [0.15, 0.2) is 53.7 Å². The van der Waals surface area contributed by atoms with Crippen molar-refractivity contribution in [3.05, 3.63) is 69.3 Å². The van der Waals surface area contributed by atoms with Crippen molar-refractivity contribution in [1.29, 1.82) is 0 Å². The van der Waals surface area contributed by atoms with Crippen molar-refractivity contribution in [2.24, 2.45) is 0 Å². The molecule has 3 rings (SSSR count). The molecule has 0 radical (unpaired) electrons. The van der Waals surface area contributed by atoms with E-state index in [0.717, 1.165) is 16.6 Å². The normalized spacial score (nSPS) is 10.9. The van der Waals surface area contributed by atoms with Gasteiger partial charge in [-0.3, -0.25) is 14.8 Å². The number of nitrogens with two attached hydrogens (primary N) is 1. The number of para-hydroxylation sites is 1. The smallest absolute Gasteiger partial charge is 0.257 e. The molecule has 0 spiro atoms. The third kappa shape index (κ3) is 5.85. The molecule has 2 aromatic carbocycles. The molecule has 0 aliphatic rings. The quantitative estimate of drug-likeness (QED) is 0.475. The molecule has 1 amide bonds. The molecule has 0 bridgehead atoms. The lowest BCUT2D eigenvalue weighted by Gasteiger charge is -2.03. The zero-order valence-corrected chi connectivity index (χ0v) is 17.1. The largest absolute Gasteiger partial charge is 0.396 e. The fourth-order valence-electron chi connectivity index (χ4n) is 2.07. The average molecular weight is 421 g/mol. The summed E-state index contributed by atoms with van der Waals surface area (Å²) in [6, 6.07) is 10.9. The molecule has 5 nitrogen and oxygen atoms in total. The molecule has 140 valence electrons. The third-order valence-corrected chi connectivity index (χ3v) is 4.86. The van der Waals surface area contributed by atoms with E-state index < -0.39 is 0 Å². The molecule has 0 saturated carbocycles. The number of thioether (sulfide) groups is 1. The Kier molecular flexibility index (Phi) is 7.91. The van der Waals surface area contributed by atoms with Crippen LogP contribution in [-0.4, -0.2) is 29.2 Å². The van der Waals surface area contributed by atoms with Gasteiger partial charge in [-0.05, 0) is 42.2 Å². The van der Waals surface area contributed by atoms with Gasteiger partial charge in [-0.25, -0.2) is 0 Å². The molecular weight excluding hydrogens is 403 g/mol. The predicted octanol–water partition coefficient (Wildman–Crippen LogP) is 4.66. The summed E-state index contributed by atoms with van der Waals surface area (Å²) in [7, 11) is 1.62. The number of carbonyl (C=O) groups is 1. The molecule has 0 unspecified atom stereocenters. The highest BCUT2D eigenvalue weighted by atomic mass is 35.5. The number of nitrogens with one attached hydrogen (secondary N) is 1. The van der Waals surface area contributed by atoms with Crippen molar-refractivity contribution < 1.29 is 4.79 Å². The summed E-state index contributed by atoms with van der Waals surface area (Å²) in [6.45, 7) is 0. The SMILES string of the molecule is CNC(=O)/C(=C/c1ccc2nccnc2c1)SC.Nc1c(Cl)cccc1Cl. The van der Waals surface area contributed by atoms with Gasteiger partial charge in [0.1, 0.15) is 0 Å². The van der Waals surface area contributed by atoms with E-state index in [2.05, 4.69) is 15.3 Å². The molecule has 27 heavy (non-hydrogen) atoms. The van der Waals surface area contributed by atoms with Crippen molar-refractivity contribution >= 4 is 63.7 Å². The molecule has 1 aromatic heterocycles. The molecule has 3 N–H and O–H groups in total. The minimum Gasteiger partial charge on any atom is -0.396 e. The Hall–Kier alpha value is -2.28. The van der Waals surface area contributed by atoms with Crippen LogP contribution in [0.2, 0.25) is 10.0 Å². The molecule has 1 heterocycles. The van der Waals surface area contributed by atoms with Gasteiger partial charge in [0.25, 0.3) is 5.91 Å². The van der Waals surface area contributed by atoms with Gasteiger partial charge in [0.2, 0.25) is 0 Å². The zero-order chi connectivity index (χ0) is 19.8. The topological polar surface area (TPSA) is 80.9 Å². The molecular formula is C19H18Cl2N4OS. The summed E-state index contributed by atoms with van der Waals surface area (Å²) in [6.07, 6.45) is 7.04. The second kappa shape index (κ2) is 10.2. The van der Waals surface area contributed by atoms with E-state index in [1.165, 1.54) is 11.8 Å². The van der Waals surface area contributed by atoms with Crippen molar-refractivity contribution in [3.63, 3.8) is 0 Å². The maximum absolute atomic E-state index is 11.6. The summed E-state index contributed by atoms with van der Waals surface area (Å²) in [5.74, 6) is -0.0817. The number of aromatic nitrogens is 2. The first-order chi connectivity index (χ1) is 13.0. The number of amides is 1. The molecule has 3 aromatic rings. The van der Waals surface area contributed by atoms with Crippen LogP contribution in [0.25, 0.3) is 17.1 Å². The number of likely N-dealkylation sites (N-methyl/N-ethyl adjacent to an activating group) is 1. The Bertz CT molecular complexity index is 959. The second-order valence-corrected chi connectivity index (χ2v) is 6.89. The average Bonchev–Trinajstić information content (AvgIpc) is 2.70. The first kappa shape index (κ1) is 21.0. The highest BCUT2D eigenvalue weighted by Crippen LogP contribution is 2.25. The lowest BCUT2D eigenvalue weighted by molar-refractivity contribution is -0.116. The van der Waals surface area contributed by atoms with Crippen LogP contribution in [0.3, 0.4) is 0 Å². The summed E-state index contributed by atoms with van der Waals surface area (Å²) in [4.78, 5) is 20.7. The lowest BCUT2D eigenvalue weighted by atomic mass is 10.2. The molecule has 0 aliphatic heterocycles. The number of benzene rings is 2. The van der Waals surface area contributed by atoms with Crippen molar-refractivity contribution in [2.45, 2.75) is 0 Å². The minimum absolute atomic E-state index is 0.0817. The van der Waals surface area contributed by atoms with Crippen LogP contribution in [0.5, 0.6) is 0 Å². The van der Waals surface area contributed by atoms with E-state index in [1.54, 1.807) is 37.6 Å². The molecule has 0 atom stereocenters. The van der Waals surface area contributed by atoms with Crippen LogP contribution >= 0.6 is 35.0 Å². The maximum atomic E-state index is 11.6. The van der Waals surface area contributed by atoms with E-state index in [0.29, 0.717) is 20.6 Å². The first-order valence-electron chi connectivity index (χ1n) is 7.84.